The Morgan fingerprint density at radius 3 is 3.00 bits per heavy atom. The molecule has 0 atom stereocenters. The molecule has 0 saturated carbocycles. The van der Waals surface area contributed by atoms with Crippen LogP contribution in [0.5, 0.6) is 0 Å². The van der Waals surface area contributed by atoms with E-state index in [1.165, 1.54) is 24.1 Å². The smallest absolute Gasteiger partial charge is 0.0299 e. The molecule has 0 nitrogen and oxygen atoms in total. The summed E-state index contributed by atoms with van der Waals surface area (Å²) < 4.78 is 0. The van der Waals surface area contributed by atoms with E-state index in [2.05, 4.69) is 23.6 Å². The lowest BCUT2D eigenvalue weighted by molar-refractivity contribution is 0.936. The maximum atomic E-state index is 2.37. The van der Waals surface area contributed by atoms with Crippen molar-refractivity contribution in [2.75, 3.05) is 0 Å². The monoisotopic (exact) mass is 150 g/mol. The highest BCUT2D eigenvalue weighted by Gasteiger charge is 2.06. The summed E-state index contributed by atoms with van der Waals surface area (Å²) >= 11 is 1.85. The highest BCUT2D eigenvalue weighted by Crippen LogP contribution is 2.30. The average Bonchev–Trinajstić information content (AvgIpc) is 2.59. The minimum atomic E-state index is 1.28. The van der Waals surface area contributed by atoms with Crippen molar-refractivity contribution in [3.8, 4) is 0 Å². The van der Waals surface area contributed by atoms with Gasteiger partial charge in [-0.25, -0.2) is 0 Å². The summed E-state index contributed by atoms with van der Waals surface area (Å²) in [4.78, 5) is 1.47. The van der Waals surface area contributed by atoms with Crippen LogP contribution in [0, 0.1) is 0 Å². The third kappa shape index (κ3) is 1.01. The summed E-state index contributed by atoms with van der Waals surface area (Å²) in [5.74, 6) is 0. The van der Waals surface area contributed by atoms with Gasteiger partial charge >= 0.3 is 0 Å². The molecule has 1 aliphatic carbocycles. The van der Waals surface area contributed by atoms with E-state index >= 15 is 0 Å². The van der Waals surface area contributed by atoms with Gasteiger partial charge in [-0.15, -0.1) is 11.3 Å². The van der Waals surface area contributed by atoms with Gasteiger partial charge in [0.1, 0.15) is 0 Å². The maximum Gasteiger partial charge on any atom is 0.0299 e. The van der Waals surface area contributed by atoms with Gasteiger partial charge in [0.2, 0.25) is 0 Å². The van der Waals surface area contributed by atoms with Crippen LogP contribution in [0.1, 0.15) is 24.1 Å². The van der Waals surface area contributed by atoms with Crippen LogP contribution in [0.25, 0.3) is 5.57 Å². The van der Waals surface area contributed by atoms with E-state index < -0.39 is 0 Å². The molecular weight excluding hydrogens is 140 g/mol. The van der Waals surface area contributed by atoms with Crippen molar-refractivity contribution in [1.82, 2.24) is 0 Å². The summed E-state index contributed by atoms with van der Waals surface area (Å²) in [6.07, 6.45) is 6.30. The predicted molar refractivity (Wildman–Crippen MR) is 46.1 cm³/mol. The lowest BCUT2D eigenvalue weighted by atomic mass is 10.2. The van der Waals surface area contributed by atoms with Crippen LogP contribution < -0.4 is 0 Å². The number of hydrogen-bond donors (Lipinski definition) is 0. The first-order valence-corrected chi connectivity index (χ1v) is 4.58. The minimum absolute atomic E-state index is 1.28. The summed E-state index contributed by atoms with van der Waals surface area (Å²) in [5, 5.41) is 2.15. The van der Waals surface area contributed by atoms with Crippen LogP contribution >= 0.6 is 11.3 Å². The Morgan fingerprint density at radius 1 is 1.40 bits per heavy atom. The quantitative estimate of drug-likeness (QED) is 0.576. The summed E-state index contributed by atoms with van der Waals surface area (Å²) in [7, 11) is 0. The summed E-state index contributed by atoms with van der Waals surface area (Å²) in [6.45, 7) is 0. The van der Waals surface area contributed by atoms with Crippen LogP contribution in [0.15, 0.2) is 23.6 Å². The molecule has 52 valence electrons. The lowest BCUT2D eigenvalue weighted by Crippen LogP contribution is -1.70. The fourth-order valence-electron chi connectivity index (χ4n) is 1.36. The van der Waals surface area contributed by atoms with Crippen LogP contribution in [0.2, 0.25) is 0 Å². The highest BCUT2D eigenvalue weighted by atomic mass is 32.1. The van der Waals surface area contributed by atoms with Gasteiger partial charge < -0.3 is 0 Å². The van der Waals surface area contributed by atoms with Crippen molar-refractivity contribution in [1.29, 1.82) is 0 Å². The van der Waals surface area contributed by atoms with Gasteiger partial charge in [0.25, 0.3) is 0 Å². The molecule has 1 heteroatoms. The molecule has 0 fully saturated rings. The molecule has 2 rings (SSSR count). The number of rotatable bonds is 1. The molecule has 0 aliphatic heterocycles. The maximum absolute atomic E-state index is 2.37. The second-order valence-electron chi connectivity index (χ2n) is 2.60. The molecule has 1 aromatic rings. The molecule has 0 amide bonds. The topological polar surface area (TPSA) is 0 Å². The number of allylic oxidation sites excluding steroid dienone is 2. The van der Waals surface area contributed by atoms with Gasteiger partial charge in [-0.3, -0.25) is 0 Å². The minimum Gasteiger partial charge on any atom is -0.144 e. The molecule has 0 saturated heterocycles. The molecule has 0 radical (unpaired) electrons. The van der Waals surface area contributed by atoms with Crippen molar-refractivity contribution >= 4 is 16.9 Å². The highest BCUT2D eigenvalue weighted by molar-refractivity contribution is 7.11. The summed E-state index contributed by atoms with van der Waals surface area (Å²) in [5.41, 5.74) is 1.56. The van der Waals surface area contributed by atoms with Crippen molar-refractivity contribution in [3.63, 3.8) is 0 Å². The van der Waals surface area contributed by atoms with E-state index in [-0.39, 0.29) is 0 Å². The standard InChI is InChI=1S/C9H10S/c1-2-5-8(4-1)9-6-3-7-10-9/h3-4,6-7H,1-2,5H2. The van der Waals surface area contributed by atoms with E-state index in [0.29, 0.717) is 0 Å². The van der Waals surface area contributed by atoms with Gasteiger partial charge in [-0.2, -0.15) is 0 Å². The predicted octanol–water partition coefficient (Wildman–Crippen LogP) is 3.32. The van der Waals surface area contributed by atoms with E-state index in [0.717, 1.165) is 0 Å². The second-order valence-corrected chi connectivity index (χ2v) is 3.55. The van der Waals surface area contributed by atoms with Crippen molar-refractivity contribution in [3.05, 3.63) is 28.5 Å². The molecule has 0 spiro atoms. The third-order valence-corrected chi connectivity index (χ3v) is 2.82. The van der Waals surface area contributed by atoms with Gasteiger partial charge in [0.05, 0.1) is 0 Å². The van der Waals surface area contributed by atoms with Crippen LogP contribution in [-0.2, 0) is 0 Å². The largest absolute Gasteiger partial charge is 0.144 e. The first-order chi connectivity index (χ1) is 4.97. The first kappa shape index (κ1) is 6.17. The third-order valence-electron chi connectivity index (χ3n) is 1.88. The fourth-order valence-corrected chi connectivity index (χ4v) is 2.15. The molecule has 1 heterocycles. The second kappa shape index (κ2) is 2.59. The van der Waals surface area contributed by atoms with Crippen molar-refractivity contribution < 1.29 is 0 Å². The Bertz CT molecular complexity index is 231. The molecule has 0 unspecified atom stereocenters. The lowest BCUT2D eigenvalue weighted by Gasteiger charge is -1.93. The van der Waals surface area contributed by atoms with Gasteiger partial charge in [0.15, 0.2) is 0 Å². The van der Waals surface area contributed by atoms with Crippen LogP contribution in [-0.4, -0.2) is 0 Å². The van der Waals surface area contributed by atoms with Gasteiger partial charge in [0, 0.05) is 4.88 Å². The number of hydrogen-bond acceptors (Lipinski definition) is 1. The van der Waals surface area contributed by atoms with Gasteiger partial charge in [-0.1, -0.05) is 12.1 Å². The summed E-state index contributed by atoms with van der Waals surface area (Å²) in [6, 6.07) is 4.33. The molecule has 0 N–H and O–H groups in total. The number of thiophene rings is 1. The first-order valence-electron chi connectivity index (χ1n) is 3.70. The van der Waals surface area contributed by atoms with Crippen LogP contribution in [0.3, 0.4) is 0 Å². The van der Waals surface area contributed by atoms with E-state index in [9.17, 15) is 0 Å². The molecule has 1 aliphatic rings. The van der Waals surface area contributed by atoms with E-state index in [4.69, 9.17) is 0 Å². The van der Waals surface area contributed by atoms with Gasteiger partial charge in [-0.05, 0) is 36.3 Å². The normalized spacial score (nSPS) is 17.4. The van der Waals surface area contributed by atoms with Crippen molar-refractivity contribution in [2.24, 2.45) is 0 Å². The zero-order chi connectivity index (χ0) is 6.81. The molecular formula is C9H10S. The van der Waals surface area contributed by atoms with Crippen molar-refractivity contribution in [2.45, 2.75) is 19.3 Å². The Hall–Kier alpha value is -0.560. The Labute approximate surface area is 65.2 Å². The molecule has 0 aromatic carbocycles. The zero-order valence-electron chi connectivity index (χ0n) is 5.84. The Morgan fingerprint density at radius 2 is 2.40 bits per heavy atom. The Balaban J connectivity index is 2.28. The molecule has 1 aromatic heterocycles. The van der Waals surface area contributed by atoms with Crippen LogP contribution in [0.4, 0.5) is 0 Å². The average molecular weight is 150 g/mol. The fraction of sp³-hybridized carbons (Fsp3) is 0.333. The Kier molecular flexibility index (Phi) is 1.60. The zero-order valence-corrected chi connectivity index (χ0v) is 6.66. The van der Waals surface area contributed by atoms with E-state index in [1.807, 2.05) is 11.3 Å². The molecule has 10 heavy (non-hydrogen) atoms. The SMILES string of the molecule is C1=C(c2cccs2)CCC1. The molecule has 0 bridgehead atoms. The van der Waals surface area contributed by atoms with E-state index in [1.54, 1.807) is 5.57 Å².